The number of aryl methyl sites for hydroxylation is 1. The Morgan fingerprint density at radius 3 is 2.27 bits per heavy atom. The van der Waals surface area contributed by atoms with Gasteiger partial charge in [0.2, 0.25) is 0 Å². The second-order valence-electron chi connectivity index (χ2n) is 3.61. The fourth-order valence-electron chi connectivity index (χ4n) is 1.44. The van der Waals surface area contributed by atoms with Gasteiger partial charge in [-0.3, -0.25) is 4.98 Å². The fourth-order valence-corrected chi connectivity index (χ4v) is 1.71. The monoisotopic (exact) mass is 261 g/mol. The van der Waals surface area contributed by atoms with Gasteiger partial charge in [-0.2, -0.15) is 0 Å². The maximum Gasteiger partial charge on any atom is 0.0372 e. The lowest BCUT2D eigenvalue weighted by Crippen LogP contribution is -1.89. The first-order chi connectivity index (χ1) is 7.24. The van der Waals surface area contributed by atoms with E-state index in [-0.39, 0.29) is 0 Å². The summed E-state index contributed by atoms with van der Waals surface area (Å²) in [5.74, 6) is 0. The van der Waals surface area contributed by atoms with Gasteiger partial charge < -0.3 is 0 Å². The SMILES string of the molecule is Cc1ccc(Cc2ccc(Br)cc2)cn1. The van der Waals surface area contributed by atoms with Crippen LogP contribution in [0.1, 0.15) is 16.8 Å². The smallest absolute Gasteiger partial charge is 0.0372 e. The Labute approximate surface area is 98.3 Å². The molecule has 76 valence electrons. The molecular weight excluding hydrogens is 250 g/mol. The fraction of sp³-hybridized carbons (Fsp3) is 0.154. The van der Waals surface area contributed by atoms with Crippen LogP contribution in [0, 0.1) is 6.92 Å². The largest absolute Gasteiger partial charge is 0.261 e. The molecule has 0 N–H and O–H groups in total. The second-order valence-corrected chi connectivity index (χ2v) is 4.53. The molecular formula is C13H12BrN. The normalized spacial score (nSPS) is 10.3. The van der Waals surface area contributed by atoms with Gasteiger partial charge in [0.15, 0.2) is 0 Å². The first-order valence-electron chi connectivity index (χ1n) is 4.90. The number of hydrogen-bond acceptors (Lipinski definition) is 1. The Bertz CT molecular complexity index is 388. The van der Waals surface area contributed by atoms with Crippen molar-refractivity contribution in [1.82, 2.24) is 4.98 Å². The van der Waals surface area contributed by atoms with Gasteiger partial charge in [-0.05, 0) is 42.7 Å². The Kier molecular flexibility index (Phi) is 3.17. The topological polar surface area (TPSA) is 12.9 Å². The molecule has 2 aromatic rings. The van der Waals surface area contributed by atoms with Crippen molar-refractivity contribution in [3.63, 3.8) is 0 Å². The highest BCUT2D eigenvalue weighted by Crippen LogP contribution is 2.13. The zero-order valence-corrected chi connectivity index (χ0v) is 10.2. The molecule has 1 nitrogen and oxygen atoms in total. The maximum atomic E-state index is 4.28. The van der Waals surface area contributed by atoms with Gasteiger partial charge >= 0.3 is 0 Å². The minimum atomic E-state index is 0.945. The summed E-state index contributed by atoms with van der Waals surface area (Å²) < 4.78 is 1.12. The van der Waals surface area contributed by atoms with Crippen molar-refractivity contribution in [1.29, 1.82) is 0 Å². The van der Waals surface area contributed by atoms with E-state index in [1.807, 2.05) is 19.2 Å². The van der Waals surface area contributed by atoms with Gasteiger partial charge in [-0.25, -0.2) is 0 Å². The van der Waals surface area contributed by atoms with Crippen LogP contribution in [0.15, 0.2) is 47.1 Å². The lowest BCUT2D eigenvalue weighted by Gasteiger charge is -2.02. The molecule has 0 aliphatic carbocycles. The lowest BCUT2D eigenvalue weighted by molar-refractivity contribution is 1.11. The first-order valence-corrected chi connectivity index (χ1v) is 5.69. The number of halogens is 1. The molecule has 1 aromatic carbocycles. The number of nitrogens with zero attached hydrogens (tertiary/aromatic N) is 1. The van der Waals surface area contributed by atoms with E-state index in [9.17, 15) is 0 Å². The Hall–Kier alpha value is -1.15. The maximum absolute atomic E-state index is 4.28. The van der Waals surface area contributed by atoms with Crippen LogP contribution in [0.25, 0.3) is 0 Å². The molecule has 0 spiro atoms. The highest BCUT2D eigenvalue weighted by molar-refractivity contribution is 9.10. The summed E-state index contributed by atoms with van der Waals surface area (Å²) in [6.45, 7) is 2.00. The molecule has 0 amide bonds. The van der Waals surface area contributed by atoms with E-state index in [1.165, 1.54) is 11.1 Å². The van der Waals surface area contributed by atoms with Crippen LogP contribution in [0.5, 0.6) is 0 Å². The number of pyridine rings is 1. The molecule has 0 saturated heterocycles. The molecule has 2 heteroatoms. The molecule has 15 heavy (non-hydrogen) atoms. The zero-order valence-electron chi connectivity index (χ0n) is 8.57. The Morgan fingerprint density at radius 2 is 1.67 bits per heavy atom. The van der Waals surface area contributed by atoms with Gasteiger partial charge in [-0.1, -0.05) is 34.1 Å². The molecule has 0 unspecified atom stereocenters. The van der Waals surface area contributed by atoms with Crippen LogP contribution in [-0.2, 0) is 6.42 Å². The van der Waals surface area contributed by atoms with Crippen LogP contribution >= 0.6 is 15.9 Å². The lowest BCUT2D eigenvalue weighted by atomic mass is 10.1. The van der Waals surface area contributed by atoms with Gasteiger partial charge in [0.05, 0.1) is 0 Å². The van der Waals surface area contributed by atoms with Crippen molar-refractivity contribution in [2.45, 2.75) is 13.3 Å². The highest BCUT2D eigenvalue weighted by Gasteiger charge is 1.96. The van der Waals surface area contributed by atoms with Crippen molar-refractivity contribution in [2.24, 2.45) is 0 Å². The minimum Gasteiger partial charge on any atom is -0.261 e. The molecule has 1 aromatic heterocycles. The van der Waals surface area contributed by atoms with Crippen LogP contribution in [-0.4, -0.2) is 4.98 Å². The van der Waals surface area contributed by atoms with E-state index in [0.717, 1.165) is 16.6 Å². The van der Waals surface area contributed by atoms with Crippen molar-refractivity contribution in [3.05, 3.63) is 63.9 Å². The Balaban J connectivity index is 2.15. The van der Waals surface area contributed by atoms with Gasteiger partial charge in [0.1, 0.15) is 0 Å². The van der Waals surface area contributed by atoms with Crippen LogP contribution in [0.2, 0.25) is 0 Å². The van der Waals surface area contributed by atoms with Crippen molar-refractivity contribution < 1.29 is 0 Å². The van der Waals surface area contributed by atoms with E-state index in [1.54, 1.807) is 0 Å². The number of hydrogen-bond donors (Lipinski definition) is 0. The third kappa shape index (κ3) is 2.90. The Morgan fingerprint density at radius 1 is 1.00 bits per heavy atom. The number of benzene rings is 1. The molecule has 0 fully saturated rings. The van der Waals surface area contributed by atoms with E-state index < -0.39 is 0 Å². The van der Waals surface area contributed by atoms with Gasteiger partial charge in [0, 0.05) is 16.4 Å². The quantitative estimate of drug-likeness (QED) is 0.803. The first kappa shape index (κ1) is 10.4. The molecule has 0 atom stereocenters. The van der Waals surface area contributed by atoms with Gasteiger partial charge in [0.25, 0.3) is 0 Å². The predicted octanol–water partition coefficient (Wildman–Crippen LogP) is 3.74. The summed E-state index contributed by atoms with van der Waals surface area (Å²) >= 11 is 3.43. The molecule has 0 saturated carbocycles. The highest BCUT2D eigenvalue weighted by atomic mass is 79.9. The summed E-state index contributed by atoms with van der Waals surface area (Å²) in [5, 5.41) is 0. The summed E-state index contributed by atoms with van der Waals surface area (Å²) in [4.78, 5) is 4.28. The summed E-state index contributed by atoms with van der Waals surface area (Å²) in [7, 11) is 0. The average Bonchev–Trinajstić information content (AvgIpc) is 2.25. The van der Waals surface area contributed by atoms with Crippen molar-refractivity contribution >= 4 is 15.9 Å². The second kappa shape index (κ2) is 4.58. The van der Waals surface area contributed by atoms with Crippen LogP contribution in [0.3, 0.4) is 0 Å². The third-order valence-corrected chi connectivity index (χ3v) is 2.82. The third-order valence-electron chi connectivity index (χ3n) is 2.29. The molecule has 2 rings (SSSR count). The van der Waals surface area contributed by atoms with Gasteiger partial charge in [-0.15, -0.1) is 0 Å². The zero-order chi connectivity index (χ0) is 10.7. The number of aromatic nitrogens is 1. The van der Waals surface area contributed by atoms with Crippen molar-refractivity contribution in [2.75, 3.05) is 0 Å². The number of rotatable bonds is 2. The van der Waals surface area contributed by atoms with Crippen molar-refractivity contribution in [3.8, 4) is 0 Å². The molecule has 0 bridgehead atoms. The van der Waals surface area contributed by atoms with Crippen LogP contribution in [0.4, 0.5) is 0 Å². The average molecular weight is 262 g/mol. The van der Waals surface area contributed by atoms with E-state index in [0.29, 0.717) is 0 Å². The minimum absolute atomic E-state index is 0.945. The summed E-state index contributed by atoms with van der Waals surface area (Å²) in [6.07, 6.45) is 2.89. The van der Waals surface area contributed by atoms with Crippen LogP contribution < -0.4 is 0 Å². The molecule has 0 aliphatic rings. The van der Waals surface area contributed by atoms with E-state index in [2.05, 4.69) is 51.2 Å². The predicted molar refractivity (Wildman–Crippen MR) is 65.9 cm³/mol. The molecule has 0 aliphatic heterocycles. The summed E-state index contributed by atoms with van der Waals surface area (Å²) in [6, 6.07) is 12.6. The van der Waals surface area contributed by atoms with E-state index in [4.69, 9.17) is 0 Å². The molecule has 1 heterocycles. The molecule has 0 radical (unpaired) electrons. The standard InChI is InChI=1S/C13H12BrN/c1-10-2-3-12(9-15-10)8-11-4-6-13(14)7-5-11/h2-7,9H,8H2,1H3. The van der Waals surface area contributed by atoms with E-state index >= 15 is 0 Å². The summed E-state index contributed by atoms with van der Waals surface area (Å²) in [5.41, 5.74) is 3.63.